The van der Waals surface area contributed by atoms with Crippen molar-refractivity contribution in [2.45, 2.75) is 38.6 Å². The Morgan fingerprint density at radius 1 is 1.10 bits per heavy atom. The minimum atomic E-state index is -0.0605. The second kappa shape index (κ2) is 8.78. The van der Waals surface area contributed by atoms with Crippen molar-refractivity contribution < 1.29 is 9.53 Å². The van der Waals surface area contributed by atoms with Gasteiger partial charge in [0, 0.05) is 12.0 Å². The van der Waals surface area contributed by atoms with Crippen LogP contribution in [0.25, 0.3) is 0 Å². The fourth-order valence-electron chi connectivity index (χ4n) is 4.30. The van der Waals surface area contributed by atoms with E-state index in [-0.39, 0.29) is 11.9 Å². The average Bonchev–Trinajstić information content (AvgIpc) is 3.20. The van der Waals surface area contributed by atoms with Gasteiger partial charge in [0.1, 0.15) is 5.75 Å². The van der Waals surface area contributed by atoms with Gasteiger partial charge in [-0.05, 0) is 56.1 Å². The first-order valence-corrected chi connectivity index (χ1v) is 10.5. The van der Waals surface area contributed by atoms with Crippen LogP contribution in [0.4, 0.5) is 0 Å². The second-order valence-corrected chi connectivity index (χ2v) is 7.93. The van der Waals surface area contributed by atoms with Crippen LogP contribution in [-0.2, 0) is 4.79 Å². The van der Waals surface area contributed by atoms with Gasteiger partial charge >= 0.3 is 0 Å². The van der Waals surface area contributed by atoms with Crippen molar-refractivity contribution in [2.24, 2.45) is 5.10 Å². The third kappa shape index (κ3) is 4.35. The number of aryl methyl sites for hydroxylation is 1. The zero-order valence-corrected chi connectivity index (χ0v) is 17.3. The van der Waals surface area contributed by atoms with Gasteiger partial charge in [0.05, 0.1) is 25.4 Å². The smallest absolute Gasteiger partial charge is 0.257 e. The molecule has 2 aliphatic heterocycles. The van der Waals surface area contributed by atoms with Crippen molar-refractivity contribution in [2.75, 3.05) is 26.7 Å². The molecule has 0 spiro atoms. The standard InChI is InChI=1S/C24H29N3O2/c1-18-9-4-5-12-21(18)23-16-22(19-10-8-11-20(15-19)29-2)25-27(23)24(28)17-26-13-6-3-7-14-26/h4-5,8-12,15,23H,3,6-7,13-14,16-17H2,1-2H3. The zero-order chi connectivity index (χ0) is 20.2. The summed E-state index contributed by atoms with van der Waals surface area (Å²) >= 11 is 0. The highest BCUT2D eigenvalue weighted by atomic mass is 16.5. The normalized spacial score (nSPS) is 19.9. The van der Waals surface area contributed by atoms with Crippen molar-refractivity contribution >= 4 is 11.6 Å². The van der Waals surface area contributed by atoms with E-state index in [0.717, 1.165) is 30.1 Å². The van der Waals surface area contributed by atoms with E-state index in [1.54, 1.807) is 12.1 Å². The van der Waals surface area contributed by atoms with Crippen LogP contribution in [0.5, 0.6) is 5.75 Å². The Balaban J connectivity index is 1.63. The molecule has 5 heteroatoms. The van der Waals surface area contributed by atoms with Gasteiger partial charge in [0.15, 0.2) is 0 Å². The van der Waals surface area contributed by atoms with Crippen LogP contribution in [-0.4, -0.2) is 48.3 Å². The monoisotopic (exact) mass is 391 g/mol. The fraction of sp³-hybridized carbons (Fsp3) is 0.417. The average molecular weight is 392 g/mol. The van der Waals surface area contributed by atoms with E-state index in [2.05, 4.69) is 24.0 Å². The number of rotatable bonds is 5. The molecule has 4 rings (SSSR count). The molecule has 5 nitrogen and oxygen atoms in total. The molecule has 0 aliphatic carbocycles. The lowest BCUT2D eigenvalue weighted by Gasteiger charge is -2.29. The summed E-state index contributed by atoms with van der Waals surface area (Å²) in [6.07, 6.45) is 4.32. The maximum atomic E-state index is 13.3. The third-order valence-corrected chi connectivity index (χ3v) is 5.92. The van der Waals surface area contributed by atoms with Crippen LogP contribution in [0.2, 0.25) is 0 Å². The van der Waals surface area contributed by atoms with Crippen LogP contribution >= 0.6 is 0 Å². The minimum Gasteiger partial charge on any atom is -0.497 e. The summed E-state index contributed by atoms with van der Waals surface area (Å²) in [5.41, 5.74) is 4.30. The summed E-state index contributed by atoms with van der Waals surface area (Å²) in [5.74, 6) is 0.883. The van der Waals surface area contributed by atoms with E-state index in [9.17, 15) is 4.79 Å². The van der Waals surface area contributed by atoms with Crippen molar-refractivity contribution in [1.82, 2.24) is 9.91 Å². The maximum absolute atomic E-state index is 13.3. The topological polar surface area (TPSA) is 45.1 Å². The Hall–Kier alpha value is -2.66. The molecule has 1 saturated heterocycles. The van der Waals surface area contributed by atoms with E-state index >= 15 is 0 Å². The molecule has 1 amide bonds. The first-order valence-electron chi connectivity index (χ1n) is 10.5. The predicted octanol–water partition coefficient (Wildman–Crippen LogP) is 4.17. The molecule has 29 heavy (non-hydrogen) atoms. The molecule has 152 valence electrons. The SMILES string of the molecule is COc1cccc(C2=NN(C(=O)CN3CCCCC3)C(c3ccccc3C)C2)c1. The number of hydrogen-bond donors (Lipinski definition) is 0. The fourth-order valence-corrected chi connectivity index (χ4v) is 4.30. The zero-order valence-electron chi connectivity index (χ0n) is 17.3. The number of ether oxygens (including phenoxy) is 1. The Labute approximate surface area is 173 Å². The maximum Gasteiger partial charge on any atom is 0.257 e. The van der Waals surface area contributed by atoms with E-state index in [4.69, 9.17) is 9.84 Å². The molecule has 0 N–H and O–H groups in total. The van der Waals surface area contributed by atoms with E-state index in [1.165, 1.54) is 30.4 Å². The van der Waals surface area contributed by atoms with Gasteiger partial charge in [-0.25, -0.2) is 5.01 Å². The highest BCUT2D eigenvalue weighted by Gasteiger charge is 2.34. The summed E-state index contributed by atoms with van der Waals surface area (Å²) in [6.45, 7) is 4.55. The summed E-state index contributed by atoms with van der Waals surface area (Å²) in [7, 11) is 1.67. The van der Waals surface area contributed by atoms with Gasteiger partial charge in [0.25, 0.3) is 5.91 Å². The molecule has 2 aromatic carbocycles. The Morgan fingerprint density at radius 3 is 2.66 bits per heavy atom. The number of hydrazone groups is 1. The van der Waals surface area contributed by atoms with Gasteiger partial charge in [-0.1, -0.05) is 42.8 Å². The van der Waals surface area contributed by atoms with Crippen LogP contribution in [0.3, 0.4) is 0 Å². The van der Waals surface area contributed by atoms with E-state index in [1.807, 2.05) is 36.4 Å². The molecule has 1 atom stereocenters. The van der Waals surface area contributed by atoms with Crippen molar-refractivity contribution in [3.63, 3.8) is 0 Å². The first kappa shape index (κ1) is 19.6. The molecular formula is C24H29N3O2. The van der Waals surface area contributed by atoms with Gasteiger partial charge in [0.2, 0.25) is 0 Å². The van der Waals surface area contributed by atoms with E-state index in [0.29, 0.717) is 13.0 Å². The molecule has 1 unspecified atom stereocenters. The van der Waals surface area contributed by atoms with E-state index < -0.39 is 0 Å². The highest BCUT2D eigenvalue weighted by molar-refractivity contribution is 6.03. The molecule has 0 saturated carbocycles. The summed E-state index contributed by atoms with van der Waals surface area (Å²) in [6, 6.07) is 16.2. The highest BCUT2D eigenvalue weighted by Crippen LogP contribution is 2.35. The molecule has 1 fully saturated rings. The lowest BCUT2D eigenvalue weighted by Crippen LogP contribution is -2.40. The van der Waals surface area contributed by atoms with Crippen LogP contribution in [0.1, 0.15) is 48.4 Å². The summed E-state index contributed by atoms with van der Waals surface area (Å²) < 4.78 is 5.38. The Morgan fingerprint density at radius 2 is 1.90 bits per heavy atom. The molecule has 2 heterocycles. The number of carbonyl (C=O) groups excluding carboxylic acids is 1. The molecule has 2 aliphatic rings. The number of amides is 1. The van der Waals surface area contributed by atoms with Crippen LogP contribution < -0.4 is 4.74 Å². The Kier molecular flexibility index (Phi) is 5.95. The number of carbonyl (C=O) groups is 1. The number of methoxy groups -OCH3 is 1. The second-order valence-electron chi connectivity index (χ2n) is 7.93. The van der Waals surface area contributed by atoms with Crippen molar-refractivity contribution in [1.29, 1.82) is 0 Å². The molecule has 0 bridgehead atoms. The lowest BCUT2D eigenvalue weighted by molar-refractivity contribution is -0.134. The number of hydrogen-bond acceptors (Lipinski definition) is 4. The number of nitrogens with zero attached hydrogens (tertiary/aromatic N) is 3. The largest absolute Gasteiger partial charge is 0.497 e. The minimum absolute atomic E-state index is 0.0605. The molecule has 2 aromatic rings. The van der Waals surface area contributed by atoms with Crippen molar-refractivity contribution in [3.05, 3.63) is 65.2 Å². The number of likely N-dealkylation sites (tertiary alicyclic amines) is 1. The number of piperidine rings is 1. The molecular weight excluding hydrogens is 362 g/mol. The van der Waals surface area contributed by atoms with Gasteiger partial charge in [-0.15, -0.1) is 0 Å². The predicted molar refractivity (Wildman–Crippen MR) is 115 cm³/mol. The third-order valence-electron chi connectivity index (χ3n) is 5.92. The van der Waals surface area contributed by atoms with Crippen LogP contribution in [0, 0.1) is 6.92 Å². The molecule has 0 aromatic heterocycles. The van der Waals surface area contributed by atoms with Gasteiger partial charge < -0.3 is 4.74 Å². The summed E-state index contributed by atoms with van der Waals surface area (Å²) in [5, 5.41) is 6.54. The van der Waals surface area contributed by atoms with Crippen LogP contribution in [0.15, 0.2) is 53.6 Å². The molecule has 0 radical (unpaired) electrons. The lowest BCUT2D eigenvalue weighted by atomic mass is 9.95. The Bertz CT molecular complexity index is 903. The van der Waals surface area contributed by atoms with Gasteiger partial charge in [-0.2, -0.15) is 5.10 Å². The number of benzene rings is 2. The first-order chi connectivity index (χ1) is 14.2. The van der Waals surface area contributed by atoms with Gasteiger partial charge in [-0.3, -0.25) is 9.69 Å². The summed E-state index contributed by atoms with van der Waals surface area (Å²) in [4.78, 5) is 15.5. The quantitative estimate of drug-likeness (QED) is 0.769. The van der Waals surface area contributed by atoms with Crippen molar-refractivity contribution in [3.8, 4) is 5.75 Å².